The van der Waals surface area contributed by atoms with Crippen molar-refractivity contribution >= 4 is 12.1 Å². The molecule has 3 N–H and O–H groups in total. The zero-order valence-electron chi connectivity index (χ0n) is 16.1. The molecule has 0 unspecified atom stereocenters. The summed E-state index contributed by atoms with van der Waals surface area (Å²) < 4.78 is 28.2. The lowest BCUT2D eigenvalue weighted by atomic mass is 9.44. The Morgan fingerprint density at radius 3 is 2.40 bits per heavy atom. The molecule has 1 heterocycles. The average Bonchev–Trinajstić information content (AvgIpc) is 2.64. The molecule has 4 aliphatic rings. The van der Waals surface area contributed by atoms with Crippen LogP contribution in [0.2, 0.25) is 0 Å². The maximum atomic E-state index is 14.7. The lowest BCUT2D eigenvalue weighted by molar-refractivity contribution is -0.0925. The number of hydrogen-bond acceptors (Lipinski definition) is 2. The van der Waals surface area contributed by atoms with Crippen LogP contribution in [0.15, 0.2) is 42.5 Å². The van der Waals surface area contributed by atoms with Gasteiger partial charge in [0.1, 0.15) is 11.6 Å². The monoisotopic (exact) mass is 413 g/mol. The Morgan fingerprint density at radius 1 is 1.00 bits per heavy atom. The van der Waals surface area contributed by atoms with Crippen molar-refractivity contribution in [3.8, 4) is 0 Å². The standard InChI is InChI=1S/C22H21F2N3O3/c23-14-5-6-16(17(24)9-14)18-15-4-2-1-3-13(15)7-8-27(18)19(28)25-21-10-22(11-21,12-21)26-20(29)30/h1-6,9,18,26H,7-8,10-12H2,(H,25,28)(H,29,30)/t18-,21?,22?/m1/s1. The molecule has 3 fully saturated rings. The molecule has 0 radical (unpaired) electrons. The van der Waals surface area contributed by atoms with Crippen LogP contribution in [-0.2, 0) is 6.42 Å². The highest BCUT2D eigenvalue weighted by molar-refractivity contribution is 5.78. The minimum Gasteiger partial charge on any atom is -0.465 e. The Balaban J connectivity index is 1.41. The van der Waals surface area contributed by atoms with Crippen LogP contribution < -0.4 is 10.6 Å². The molecular weight excluding hydrogens is 392 g/mol. The Morgan fingerprint density at radius 2 is 1.70 bits per heavy atom. The van der Waals surface area contributed by atoms with Crippen LogP contribution >= 0.6 is 0 Å². The second-order valence-corrected chi connectivity index (χ2v) is 8.66. The molecule has 30 heavy (non-hydrogen) atoms. The van der Waals surface area contributed by atoms with Gasteiger partial charge in [0.15, 0.2) is 0 Å². The first-order valence-electron chi connectivity index (χ1n) is 9.93. The van der Waals surface area contributed by atoms with Crippen molar-refractivity contribution in [3.05, 3.63) is 70.8 Å². The first-order valence-corrected chi connectivity index (χ1v) is 9.93. The summed E-state index contributed by atoms with van der Waals surface area (Å²) >= 11 is 0. The van der Waals surface area contributed by atoms with Crippen molar-refractivity contribution in [3.63, 3.8) is 0 Å². The van der Waals surface area contributed by atoms with Gasteiger partial charge in [0.05, 0.1) is 11.6 Å². The largest absolute Gasteiger partial charge is 0.465 e. The fraction of sp³-hybridized carbons (Fsp3) is 0.364. The summed E-state index contributed by atoms with van der Waals surface area (Å²) in [7, 11) is 0. The van der Waals surface area contributed by atoms with Gasteiger partial charge >= 0.3 is 12.1 Å². The molecule has 3 amide bonds. The molecule has 2 bridgehead atoms. The van der Waals surface area contributed by atoms with Gasteiger partial charge in [0.2, 0.25) is 0 Å². The number of halogens is 2. The number of benzene rings is 2. The van der Waals surface area contributed by atoms with Crippen molar-refractivity contribution in [1.29, 1.82) is 0 Å². The lowest BCUT2D eigenvalue weighted by Gasteiger charge is -2.70. The highest BCUT2D eigenvalue weighted by atomic mass is 19.1. The maximum absolute atomic E-state index is 14.7. The van der Waals surface area contributed by atoms with E-state index in [1.807, 2.05) is 24.3 Å². The summed E-state index contributed by atoms with van der Waals surface area (Å²) in [6, 6.07) is 10.0. The summed E-state index contributed by atoms with van der Waals surface area (Å²) in [5.74, 6) is -1.36. The van der Waals surface area contributed by atoms with E-state index in [0.29, 0.717) is 32.2 Å². The summed E-state index contributed by atoms with van der Waals surface area (Å²) in [5.41, 5.74) is 1.26. The van der Waals surface area contributed by atoms with Gasteiger partial charge in [-0.05, 0) is 42.9 Å². The van der Waals surface area contributed by atoms with Crippen molar-refractivity contribution in [2.24, 2.45) is 0 Å². The SMILES string of the molecule is O=C(O)NC12CC(NC(=O)N3CCc4ccccc4[C@@H]3c3ccc(F)cc3F)(C1)C2. The molecule has 6 rings (SSSR count). The van der Waals surface area contributed by atoms with E-state index in [4.69, 9.17) is 5.11 Å². The third kappa shape index (κ3) is 2.89. The van der Waals surface area contributed by atoms with Gasteiger partial charge < -0.3 is 20.6 Å². The summed E-state index contributed by atoms with van der Waals surface area (Å²) in [5, 5.41) is 14.5. The van der Waals surface area contributed by atoms with Gasteiger partial charge in [0, 0.05) is 23.7 Å². The molecule has 0 saturated heterocycles. The molecule has 0 aromatic heterocycles. The van der Waals surface area contributed by atoms with Gasteiger partial charge in [-0.2, -0.15) is 0 Å². The molecule has 2 aromatic rings. The third-order valence-electron chi connectivity index (χ3n) is 6.58. The zero-order valence-corrected chi connectivity index (χ0v) is 16.1. The number of nitrogens with one attached hydrogen (secondary N) is 2. The second-order valence-electron chi connectivity index (χ2n) is 8.66. The normalized spacial score (nSPS) is 28.6. The number of urea groups is 1. The van der Waals surface area contributed by atoms with E-state index >= 15 is 0 Å². The molecule has 0 spiro atoms. The molecule has 6 nitrogen and oxygen atoms in total. The summed E-state index contributed by atoms with van der Waals surface area (Å²) in [6.07, 6.45) is 1.24. The molecule has 156 valence electrons. The topological polar surface area (TPSA) is 81.7 Å². The van der Waals surface area contributed by atoms with Crippen molar-refractivity contribution < 1.29 is 23.5 Å². The molecule has 2 aromatic carbocycles. The van der Waals surface area contributed by atoms with Crippen molar-refractivity contribution in [1.82, 2.24) is 15.5 Å². The van der Waals surface area contributed by atoms with Crippen LogP contribution in [-0.4, -0.2) is 39.8 Å². The Kier molecular flexibility index (Phi) is 4.03. The number of carbonyl (C=O) groups is 2. The molecule has 3 aliphatic carbocycles. The van der Waals surface area contributed by atoms with Crippen molar-refractivity contribution in [2.75, 3.05) is 6.54 Å². The molecule has 3 saturated carbocycles. The number of carboxylic acid groups (broad SMARTS) is 1. The highest BCUT2D eigenvalue weighted by Crippen LogP contribution is 2.60. The molecule has 8 heteroatoms. The highest BCUT2D eigenvalue weighted by Gasteiger charge is 2.69. The van der Waals surface area contributed by atoms with E-state index in [-0.39, 0.29) is 11.6 Å². The van der Waals surface area contributed by atoms with Gasteiger partial charge in [0.25, 0.3) is 0 Å². The smallest absolute Gasteiger partial charge is 0.405 e. The quantitative estimate of drug-likeness (QED) is 0.720. The number of fused-ring (bicyclic) bond motifs is 1. The van der Waals surface area contributed by atoms with E-state index < -0.39 is 34.8 Å². The minimum absolute atomic E-state index is 0.250. The van der Waals surface area contributed by atoms with Gasteiger partial charge in [-0.15, -0.1) is 0 Å². The van der Waals surface area contributed by atoms with Gasteiger partial charge in [-0.3, -0.25) is 0 Å². The lowest BCUT2D eigenvalue weighted by Crippen LogP contribution is -2.84. The number of carbonyl (C=O) groups excluding carboxylic acids is 1. The van der Waals surface area contributed by atoms with Crippen LogP contribution in [0.1, 0.15) is 42.0 Å². The first kappa shape index (κ1) is 18.8. The Labute approximate surface area is 171 Å². The molecule has 1 aliphatic heterocycles. The summed E-state index contributed by atoms with van der Waals surface area (Å²) in [6.45, 7) is 0.402. The van der Waals surface area contributed by atoms with E-state index in [1.165, 1.54) is 12.1 Å². The second kappa shape index (κ2) is 6.42. The summed E-state index contributed by atoms with van der Waals surface area (Å²) in [4.78, 5) is 25.7. The Hall–Kier alpha value is -3.16. The fourth-order valence-electron chi connectivity index (χ4n) is 5.42. The fourth-order valence-corrected chi connectivity index (χ4v) is 5.42. The zero-order chi connectivity index (χ0) is 21.1. The van der Waals surface area contributed by atoms with Crippen LogP contribution in [0.4, 0.5) is 18.4 Å². The average molecular weight is 413 g/mol. The van der Waals surface area contributed by atoms with E-state index in [1.54, 1.807) is 4.90 Å². The minimum atomic E-state index is -1.06. The molecule has 1 atom stereocenters. The number of amides is 3. The van der Waals surface area contributed by atoms with Crippen molar-refractivity contribution in [2.45, 2.75) is 42.8 Å². The van der Waals surface area contributed by atoms with Crippen LogP contribution in [0.5, 0.6) is 0 Å². The van der Waals surface area contributed by atoms with Crippen LogP contribution in [0, 0.1) is 11.6 Å². The third-order valence-corrected chi connectivity index (χ3v) is 6.58. The van der Waals surface area contributed by atoms with Crippen LogP contribution in [0.25, 0.3) is 0 Å². The molecular formula is C22H21F2N3O3. The predicted octanol–water partition coefficient (Wildman–Crippen LogP) is 3.56. The van der Waals surface area contributed by atoms with E-state index in [0.717, 1.165) is 17.2 Å². The Bertz CT molecular complexity index is 1040. The first-order chi connectivity index (χ1) is 14.3. The van der Waals surface area contributed by atoms with E-state index in [2.05, 4.69) is 10.6 Å². The van der Waals surface area contributed by atoms with Crippen LogP contribution in [0.3, 0.4) is 0 Å². The number of nitrogens with zero attached hydrogens (tertiary/aromatic N) is 1. The number of rotatable bonds is 3. The maximum Gasteiger partial charge on any atom is 0.405 e. The predicted molar refractivity (Wildman–Crippen MR) is 104 cm³/mol. The van der Waals surface area contributed by atoms with E-state index in [9.17, 15) is 18.4 Å². The number of hydrogen-bond donors (Lipinski definition) is 3. The van der Waals surface area contributed by atoms with Gasteiger partial charge in [-0.1, -0.05) is 30.3 Å². The van der Waals surface area contributed by atoms with Gasteiger partial charge in [-0.25, -0.2) is 18.4 Å².